The van der Waals surface area contributed by atoms with Crippen molar-refractivity contribution in [1.29, 1.82) is 0 Å². The Morgan fingerprint density at radius 2 is 1.92 bits per heavy atom. The van der Waals surface area contributed by atoms with Gasteiger partial charge in [0, 0.05) is 5.54 Å². The second-order valence-electron chi connectivity index (χ2n) is 4.25. The van der Waals surface area contributed by atoms with Crippen LogP contribution in [-0.2, 0) is 0 Å². The second kappa shape index (κ2) is 3.17. The maximum Gasteiger partial charge on any atom is 0.134 e. The zero-order valence-corrected chi connectivity index (χ0v) is 9.14. The van der Waals surface area contributed by atoms with Gasteiger partial charge in [-0.25, -0.2) is 0 Å². The van der Waals surface area contributed by atoms with Gasteiger partial charge in [0.2, 0.25) is 0 Å². The normalized spacial score (nSPS) is 36.2. The highest BCUT2D eigenvalue weighted by atomic mass is 32.1. The highest BCUT2D eigenvalue weighted by molar-refractivity contribution is 7.89. The Hall–Kier alpha value is -0.220. The summed E-state index contributed by atoms with van der Waals surface area (Å²) in [5, 5.41) is 3.35. The van der Waals surface area contributed by atoms with Crippen LogP contribution in [0.3, 0.4) is 0 Å². The largest absolute Gasteiger partial charge is 0.388 e. The molecule has 0 amide bonds. The van der Waals surface area contributed by atoms with Crippen LogP contribution in [0.25, 0.3) is 0 Å². The third kappa shape index (κ3) is 1.70. The van der Waals surface area contributed by atoms with E-state index < -0.39 is 0 Å². The molecule has 3 N–H and O–H groups in total. The van der Waals surface area contributed by atoms with Crippen LogP contribution in [0.15, 0.2) is 0 Å². The number of fused-ring (bicyclic) bond motifs is 2. The monoisotopic (exact) mass is 214 g/mol. The fourth-order valence-corrected chi connectivity index (χ4v) is 2.94. The van der Waals surface area contributed by atoms with Crippen LogP contribution >= 0.6 is 24.4 Å². The molecule has 0 aliphatic heterocycles. The standard InChI is InChI=1S/C9H14N2S2/c10-7(12)8(13)11-9-3-1-6(5-9)2-4-9/h6H,1-5H2,(H2,10,12)(H,11,13). The zero-order chi connectivity index (χ0) is 9.47. The molecule has 0 atom stereocenters. The third-order valence-electron chi connectivity index (χ3n) is 3.34. The summed E-state index contributed by atoms with van der Waals surface area (Å²) < 4.78 is 0. The van der Waals surface area contributed by atoms with Crippen LogP contribution in [-0.4, -0.2) is 15.5 Å². The highest BCUT2D eigenvalue weighted by Gasteiger charge is 2.45. The molecule has 2 saturated carbocycles. The smallest absolute Gasteiger partial charge is 0.134 e. The summed E-state index contributed by atoms with van der Waals surface area (Å²) in [6.07, 6.45) is 6.41. The van der Waals surface area contributed by atoms with Crippen LogP contribution in [0.2, 0.25) is 0 Å². The van der Waals surface area contributed by atoms with Crippen LogP contribution in [0.4, 0.5) is 0 Å². The van der Waals surface area contributed by atoms with Gasteiger partial charge in [-0.15, -0.1) is 0 Å². The van der Waals surface area contributed by atoms with Gasteiger partial charge in [-0.05, 0) is 38.0 Å². The highest BCUT2D eigenvalue weighted by Crippen LogP contribution is 2.47. The lowest BCUT2D eigenvalue weighted by atomic mass is 9.94. The van der Waals surface area contributed by atoms with Gasteiger partial charge in [0.15, 0.2) is 0 Å². The van der Waals surface area contributed by atoms with E-state index in [0.29, 0.717) is 9.98 Å². The molecular formula is C9H14N2S2. The fraction of sp³-hybridized carbons (Fsp3) is 0.778. The quantitative estimate of drug-likeness (QED) is 0.649. The molecule has 0 spiro atoms. The summed E-state index contributed by atoms with van der Waals surface area (Å²) in [6.45, 7) is 0. The first-order valence-corrected chi connectivity index (χ1v) is 5.55. The number of rotatable bonds is 1. The van der Waals surface area contributed by atoms with Gasteiger partial charge in [0.25, 0.3) is 0 Å². The summed E-state index contributed by atoms with van der Waals surface area (Å²) in [4.78, 5) is 0.914. The molecule has 0 aromatic rings. The number of hydrogen-bond donors (Lipinski definition) is 2. The Morgan fingerprint density at radius 3 is 2.31 bits per heavy atom. The predicted molar refractivity (Wildman–Crippen MR) is 61.8 cm³/mol. The van der Waals surface area contributed by atoms with Crippen molar-refractivity contribution in [2.75, 3.05) is 0 Å². The van der Waals surface area contributed by atoms with E-state index in [-0.39, 0.29) is 5.54 Å². The first kappa shape index (κ1) is 9.34. The minimum absolute atomic E-state index is 0.255. The van der Waals surface area contributed by atoms with Crippen molar-refractivity contribution in [3.05, 3.63) is 0 Å². The molecule has 2 aliphatic carbocycles. The summed E-state index contributed by atoms with van der Waals surface area (Å²) in [5.41, 5.74) is 5.72. The van der Waals surface area contributed by atoms with Gasteiger partial charge in [-0.2, -0.15) is 0 Å². The minimum Gasteiger partial charge on any atom is -0.388 e. The molecule has 2 aliphatic rings. The van der Waals surface area contributed by atoms with Crippen molar-refractivity contribution in [2.45, 2.75) is 37.6 Å². The van der Waals surface area contributed by atoms with E-state index in [2.05, 4.69) is 5.32 Å². The minimum atomic E-state index is 0.255. The Labute approximate surface area is 89.3 Å². The Bertz CT molecular complexity index is 254. The molecule has 4 heteroatoms. The van der Waals surface area contributed by atoms with Crippen molar-refractivity contribution >= 4 is 34.4 Å². The Kier molecular flexibility index (Phi) is 2.28. The fourth-order valence-electron chi connectivity index (χ4n) is 2.67. The van der Waals surface area contributed by atoms with Crippen molar-refractivity contribution in [3.8, 4) is 0 Å². The first-order valence-electron chi connectivity index (χ1n) is 4.73. The number of hydrogen-bond acceptors (Lipinski definition) is 2. The summed E-state index contributed by atoms with van der Waals surface area (Å²) in [7, 11) is 0. The Morgan fingerprint density at radius 1 is 1.31 bits per heavy atom. The van der Waals surface area contributed by atoms with Crippen LogP contribution < -0.4 is 11.1 Å². The van der Waals surface area contributed by atoms with Crippen molar-refractivity contribution in [3.63, 3.8) is 0 Å². The topological polar surface area (TPSA) is 38.0 Å². The molecule has 2 bridgehead atoms. The molecule has 0 unspecified atom stereocenters. The molecule has 2 fully saturated rings. The van der Waals surface area contributed by atoms with E-state index in [9.17, 15) is 0 Å². The maximum atomic E-state index is 5.47. The number of thiocarbonyl (C=S) groups is 2. The Balaban J connectivity index is 2.01. The van der Waals surface area contributed by atoms with E-state index in [4.69, 9.17) is 30.2 Å². The van der Waals surface area contributed by atoms with E-state index in [1.165, 1.54) is 32.1 Å². The van der Waals surface area contributed by atoms with E-state index >= 15 is 0 Å². The third-order valence-corrected chi connectivity index (χ3v) is 4.00. The summed E-state index contributed by atoms with van der Waals surface area (Å²) in [6, 6.07) is 0. The van der Waals surface area contributed by atoms with E-state index in [1.54, 1.807) is 0 Å². The second-order valence-corrected chi connectivity index (χ2v) is 5.09. The molecule has 72 valence electrons. The zero-order valence-electron chi connectivity index (χ0n) is 7.51. The lowest BCUT2D eigenvalue weighted by Gasteiger charge is -2.29. The number of nitrogens with one attached hydrogen (secondary N) is 1. The van der Waals surface area contributed by atoms with Gasteiger partial charge in [-0.3, -0.25) is 0 Å². The molecular weight excluding hydrogens is 200 g/mol. The SMILES string of the molecule is NC(=S)C(=S)NC12CCC(CC1)C2. The molecule has 0 radical (unpaired) electrons. The van der Waals surface area contributed by atoms with Crippen LogP contribution in [0.1, 0.15) is 32.1 Å². The average Bonchev–Trinajstić information content (AvgIpc) is 2.62. The lowest BCUT2D eigenvalue weighted by Crippen LogP contribution is -2.48. The molecule has 13 heavy (non-hydrogen) atoms. The molecule has 0 heterocycles. The lowest BCUT2D eigenvalue weighted by molar-refractivity contribution is 0.382. The van der Waals surface area contributed by atoms with E-state index in [0.717, 1.165) is 5.92 Å². The molecule has 2 rings (SSSR count). The average molecular weight is 214 g/mol. The first-order chi connectivity index (χ1) is 6.11. The van der Waals surface area contributed by atoms with Gasteiger partial charge in [0.1, 0.15) is 9.98 Å². The van der Waals surface area contributed by atoms with E-state index in [1.807, 2.05) is 0 Å². The van der Waals surface area contributed by atoms with Gasteiger partial charge >= 0.3 is 0 Å². The van der Waals surface area contributed by atoms with Gasteiger partial charge in [-0.1, -0.05) is 24.4 Å². The summed E-state index contributed by atoms with van der Waals surface area (Å²) in [5.74, 6) is 0.918. The predicted octanol–water partition coefficient (Wildman–Crippen LogP) is 1.52. The molecule has 0 saturated heterocycles. The van der Waals surface area contributed by atoms with Crippen molar-refractivity contribution in [1.82, 2.24) is 5.32 Å². The molecule has 0 aromatic carbocycles. The summed E-state index contributed by atoms with van der Waals surface area (Å²) >= 11 is 9.93. The van der Waals surface area contributed by atoms with Crippen molar-refractivity contribution < 1.29 is 0 Å². The van der Waals surface area contributed by atoms with Crippen molar-refractivity contribution in [2.24, 2.45) is 11.7 Å². The molecule has 2 nitrogen and oxygen atoms in total. The van der Waals surface area contributed by atoms with Gasteiger partial charge in [0.05, 0.1) is 0 Å². The van der Waals surface area contributed by atoms with Crippen LogP contribution in [0, 0.1) is 5.92 Å². The number of nitrogens with two attached hydrogens (primary N) is 1. The van der Waals surface area contributed by atoms with Crippen LogP contribution in [0.5, 0.6) is 0 Å². The maximum absolute atomic E-state index is 5.47. The van der Waals surface area contributed by atoms with Gasteiger partial charge < -0.3 is 11.1 Å². The molecule has 0 aromatic heterocycles.